The Labute approximate surface area is 300 Å². The summed E-state index contributed by atoms with van der Waals surface area (Å²) in [5.74, 6) is 0. The summed E-state index contributed by atoms with van der Waals surface area (Å²) in [7, 11) is 0. The van der Waals surface area contributed by atoms with Gasteiger partial charge in [-0.1, -0.05) is 145 Å². The summed E-state index contributed by atoms with van der Waals surface area (Å²) in [4.78, 5) is 0. The van der Waals surface area contributed by atoms with E-state index < -0.39 is 137 Å². The number of benzene rings is 9. The van der Waals surface area contributed by atoms with Crippen LogP contribution in [0.2, 0.25) is 0 Å². The summed E-state index contributed by atoms with van der Waals surface area (Å²) in [5, 5.41) is -0.147. The molecule has 47 heavy (non-hydrogen) atoms. The third kappa shape index (κ3) is 3.97. The molecule has 1 heterocycles. The molecule has 0 aliphatic heterocycles. The Morgan fingerprint density at radius 1 is 0.404 bits per heavy atom. The van der Waals surface area contributed by atoms with Crippen molar-refractivity contribution in [3.8, 4) is 33.4 Å². The molecule has 218 valence electrons. The summed E-state index contributed by atoms with van der Waals surface area (Å²) < 4.78 is 184. The highest BCUT2D eigenvalue weighted by molar-refractivity contribution is 6.27. The van der Waals surface area contributed by atoms with Gasteiger partial charge in [-0.05, 0) is 95.3 Å². The van der Waals surface area contributed by atoms with Gasteiger partial charge in [-0.2, -0.15) is 0 Å². The molecule has 9 aromatic carbocycles. The quantitative estimate of drug-likeness (QED) is 0.180. The standard InChI is InChI=1S/C46H28O/c1-2-11-29(12-3-1)31-21-22-33-28-34(24-23-32(33)27-31)43-36-15-6-8-17-38(36)44(39-18-9-7-16-37(39)43)40-19-10-20-42-45(40)41-26-25-30-13-4-5-14-35(30)46(41)47-42/h1-28H/i1D,2D,3D,4D,5D,10D,11D,12D,13D,14D,19D,20D,21D,22D,23D,24D,25D,26D,27D,28D. The molecule has 1 aromatic heterocycles. The van der Waals surface area contributed by atoms with Gasteiger partial charge in [0.25, 0.3) is 0 Å². The molecule has 0 saturated carbocycles. The minimum atomic E-state index is -0.744. The first-order valence-corrected chi connectivity index (χ1v) is 14.6. The van der Waals surface area contributed by atoms with Crippen molar-refractivity contribution in [2.45, 2.75) is 0 Å². The van der Waals surface area contributed by atoms with Gasteiger partial charge in [0.15, 0.2) is 0 Å². The highest BCUT2D eigenvalue weighted by atomic mass is 16.3. The van der Waals surface area contributed by atoms with Crippen molar-refractivity contribution in [1.82, 2.24) is 0 Å². The Balaban J connectivity index is 1.36. The van der Waals surface area contributed by atoms with E-state index in [1.165, 1.54) is 0 Å². The van der Waals surface area contributed by atoms with E-state index in [2.05, 4.69) is 0 Å². The molecule has 0 saturated heterocycles. The largest absolute Gasteiger partial charge is 0.455 e. The van der Waals surface area contributed by atoms with Crippen LogP contribution < -0.4 is 0 Å². The number of rotatable bonds is 3. The first kappa shape index (κ1) is 13.3. The molecule has 10 rings (SSSR count). The minimum Gasteiger partial charge on any atom is -0.455 e. The van der Waals surface area contributed by atoms with E-state index in [1.54, 1.807) is 48.5 Å². The van der Waals surface area contributed by atoms with Crippen molar-refractivity contribution < 1.29 is 31.8 Å². The summed E-state index contributed by atoms with van der Waals surface area (Å²) in [6, 6.07) is 0.663. The first-order valence-electron chi connectivity index (χ1n) is 24.6. The zero-order chi connectivity index (χ0) is 48.3. The molecule has 1 nitrogen and oxygen atoms in total. The lowest BCUT2D eigenvalue weighted by Gasteiger charge is -2.18. The molecule has 0 bridgehead atoms. The fourth-order valence-electron chi connectivity index (χ4n) is 6.32. The number of furan rings is 1. The van der Waals surface area contributed by atoms with Gasteiger partial charge in [-0.15, -0.1) is 0 Å². The van der Waals surface area contributed by atoms with Gasteiger partial charge in [0.05, 0.1) is 27.4 Å². The molecular weight excluding hydrogens is 569 g/mol. The molecule has 0 amide bonds. The Hall–Kier alpha value is -6.18. The van der Waals surface area contributed by atoms with Crippen molar-refractivity contribution >= 4 is 65.0 Å². The van der Waals surface area contributed by atoms with E-state index in [9.17, 15) is 9.60 Å². The third-order valence-electron chi connectivity index (χ3n) is 8.31. The predicted octanol–water partition coefficient (Wildman–Crippen LogP) is 13.2. The van der Waals surface area contributed by atoms with Crippen molar-refractivity contribution in [2.75, 3.05) is 0 Å². The summed E-state index contributed by atoms with van der Waals surface area (Å²) >= 11 is 0. The normalized spacial score (nSPS) is 17.8. The van der Waals surface area contributed by atoms with E-state index >= 15 is 0 Å². The van der Waals surface area contributed by atoms with E-state index in [-0.39, 0.29) is 60.4 Å². The van der Waals surface area contributed by atoms with Crippen molar-refractivity contribution in [2.24, 2.45) is 0 Å². The second-order valence-electron chi connectivity index (χ2n) is 10.9. The van der Waals surface area contributed by atoms with Crippen molar-refractivity contribution in [1.29, 1.82) is 0 Å². The Morgan fingerprint density at radius 3 is 1.77 bits per heavy atom. The van der Waals surface area contributed by atoms with Crippen LogP contribution in [0.25, 0.3) is 98.4 Å². The van der Waals surface area contributed by atoms with Gasteiger partial charge in [-0.3, -0.25) is 0 Å². The smallest absolute Gasteiger partial charge is 0.143 e. The second-order valence-corrected chi connectivity index (χ2v) is 10.9. The van der Waals surface area contributed by atoms with Crippen molar-refractivity contribution in [3.05, 3.63) is 169 Å². The lowest BCUT2D eigenvalue weighted by atomic mass is 9.84. The second kappa shape index (κ2) is 10.2. The topological polar surface area (TPSA) is 13.1 Å². The molecule has 0 radical (unpaired) electrons. The fourth-order valence-corrected chi connectivity index (χ4v) is 6.32. The maximum atomic E-state index is 9.68. The Kier molecular flexibility index (Phi) is 2.87. The van der Waals surface area contributed by atoms with Crippen LogP contribution in [0.3, 0.4) is 0 Å². The van der Waals surface area contributed by atoms with Crippen LogP contribution in [-0.2, 0) is 0 Å². The van der Waals surface area contributed by atoms with Gasteiger partial charge in [0.1, 0.15) is 11.2 Å². The molecule has 0 aliphatic rings. The van der Waals surface area contributed by atoms with Gasteiger partial charge in [-0.25, -0.2) is 0 Å². The van der Waals surface area contributed by atoms with Crippen LogP contribution in [0.4, 0.5) is 0 Å². The molecule has 1 heteroatoms. The number of hydrogen-bond acceptors (Lipinski definition) is 1. The van der Waals surface area contributed by atoms with Crippen molar-refractivity contribution in [3.63, 3.8) is 0 Å². The van der Waals surface area contributed by atoms with Gasteiger partial charge >= 0.3 is 0 Å². The zero-order valence-electron chi connectivity index (χ0n) is 44.0. The minimum absolute atomic E-state index is 0.0232. The molecular formula is C46H28O. The van der Waals surface area contributed by atoms with Gasteiger partial charge < -0.3 is 4.42 Å². The monoisotopic (exact) mass is 616 g/mol. The maximum Gasteiger partial charge on any atom is 0.143 e. The molecule has 0 spiro atoms. The van der Waals surface area contributed by atoms with Crippen LogP contribution >= 0.6 is 0 Å². The van der Waals surface area contributed by atoms with Crippen LogP contribution in [0.5, 0.6) is 0 Å². The lowest BCUT2D eigenvalue weighted by molar-refractivity contribution is 0.673. The van der Waals surface area contributed by atoms with Crippen LogP contribution in [0.1, 0.15) is 27.4 Å². The Bertz CT molecular complexity index is 3900. The SMILES string of the molecule is [2H]c1c([2H])c([2H])c(-c2c([2H])c([2H])c3c([2H])c(-c4c5ccccc5c(-c5c([2H])c([2H])c([2H])c6oc7c8c([2H])c([2H])c([2H])c([2H])c8c([2H])c([2H])c7c56)c5ccccc45)c([2H])c([2H])c3c2[2H])c([2H])c1[2H]. The number of fused-ring (bicyclic) bond motifs is 8. The Morgan fingerprint density at radius 2 is 1.02 bits per heavy atom. The summed E-state index contributed by atoms with van der Waals surface area (Å²) in [6.07, 6.45) is 0. The predicted molar refractivity (Wildman–Crippen MR) is 200 cm³/mol. The van der Waals surface area contributed by atoms with Gasteiger partial charge in [0.2, 0.25) is 0 Å². The lowest BCUT2D eigenvalue weighted by Crippen LogP contribution is -1.91. The molecule has 0 aliphatic carbocycles. The third-order valence-corrected chi connectivity index (χ3v) is 8.31. The highest BCUT2D eigenvalue weighted by Gasteiger charge is 2.21. The summed E-state index contributed by atoms with van der Waals surface area (Å²) in [5.41, 5.74) is -1.34. The fraction of sp³-hybridized carbons (Fsp3) is 0. The molecule has 10 aromatic rings. The number of hydrogen-bond donors (Lipinski definition) is 0. The van der Waals surface area contributed by atoms with E-state index in [0.717, 1.165) is 0 Å². The molecule has 0 atom stereocenters. The molecule has 0 unspecified atom stereocenters. The van der Waals surface area contributed by atoms with Gasteiger partial charge in [0, 0.05) is 16.2 Å². The first-order chi connectivity index (χ1) is 31.7. The van der Waals surface area contributed by atoms with Crippen LogP contribution in [0, 0.1) is 0 Å². The maximum absolute atomic E-state index is 9.68. The van der Waals surface area contributed by atoms with E-state index in [0.29, 0.717) is 21.5 Å². The average molecular weight is 617 g/mol. The average Bonchev–Trinajstić information content (AvgIpc) is 3.71. The molecule has 0 fully saturated rings. The van der Waals surface area contributed by atoms with E-state index in [1.807, 2.05) is 0 Å². The van der Waals surface area contributed by atoms with Crippen LogP contribution in [-0.4, -0.2) is 0 Å². The highest BCUT2D eigenvalue weighted by Crippen LogP contribution is 2.47. The van der Waals surface area contributed by atoms with E-state index in [4.69, 9.17) is 22.2 Å². The van der Waals surface area contributed by atoms with Crippen LogP contribution in [0.15, 0.2) is 174 Å². The summed E-state index contributed by atoms with van der Waals surface area (Å²) in [6.45, 7) is 0. The molecule has 0 N–H and O–H groups in total. The zero-order valence-corrected chi connectivity index (χ0v) is 24.0.